The lowest BCUT2D eigenvalue weighted by Crippen LogP contribution is -2.51. The predicted octanol–water partition coefficient (Wildman–Crippen LogP) is 5.92. The van der Waals surface area contributed by atoms with Crippen LogP contribution in [-0.4, -0.2) is 28.6 Å². The van der Waals surface area contributed by atoms with Gasteiger partial charge in [-0.3, -0.25) is 0 Å². The van der Waals surface area contributed by atoms with Crippen molar-refractivity contribution in [3.63, 3.8) is 0 Å². The number of phenols is 1. The van der Waals surface area contributed by atoms with E-state index in [0.717, 1.165) is 29.1 Å². The minimum absolute atomic E-state index is 0.232. The fraction of sp³-hybridized carbons (Fsp3) is 0.435. The minimum Gasteiger partial charge on any atom is -0.508 e. The highest BCUT2D eigenvalue weighted by atomic mass is 79.9. The molecular formula is C23H27BrFN3O. The van der Waals surface area contributed by atoms with Crippen LogP contribution < -0.4 is 5.32 Å². The summed E-state index contributed by atoms with van der Waals surface area (Å²) in [5.74, 6) is 1.50. The topological polar surface area (TPSA) is 47.9 Å². The zero-order chi connectivity index (χ0) is 20.2. The molecule has 0 amide bonds. The maximum atomic E-state index is 14.3. The van der Waals surface area contributed by atoms with Crippen molar-refractivity contribution in [1.29, 1.82) is 0 Å². The molecule has 1 aliphatic heterocycles. The molecule has 1 aliphatic carbocycles. The largest absolute Gasteiger partial charge is 0.508 e. The Morgan fingerprint density at radius 3 is 2.69 bits per heavy atom. The lowest BCUT2D eigenvalue weighted by atomic mass is 9.78. The van der Waals surface area contributed by atoms with E-state index >= 15 is 0 Å². The number of likely N-dealkylation sites (tertiary alicyclic amines) is 1. The molecule has 2 aliphatic rings. The molecule has 1 saturated heterocycles. The summed E-state index contributed by atoms with van der Waals surface area (Å²) < 4.78 is 15.1. The van der Waals surface area contributed by atoms with Gasteiger partial charge in [-0.15, -0.1) is 0 Å². The van der Waals surface area contributed by atoms with E-state index in [9.17, 15) is 9.50 Å². The Morgan fingerprint density at radius 1 is 1.10 bits per heavy atom. The van der Waals surface area contributed by atoms with Gasteiger partial charge in [0.25, 0.3) is 0 Å². The highest BCUT2D eigenvalue weighted by molar-refractivity contribution is 9.10. The summed E-state index contributed by atoms with van der Waals surface area (Å²) in [7, 11) is 0. The highest BCUT2D eigenvalue weighted by Gasteiger charge is 2.34. The zero-order valence-electron chi connectivity index (χ0n) is 16.5. The number of nitrogens with zero attached hydrogens (tertiary/aromatic N) is 2. The number of nitrogens with one attached hydrogen (secondary N) is 1. The number of guanidine groups is 1. The molecule has 2 aromatic carbocycles. The Labute approximate surface area is 180 Å². The zero-order valence-corrected chi connectivity index (χ0v) is 18.0. The van der Waals surface area contributed by atoms with Crippen LogP contribution in [0.25, 0.3) is 0 Å². The highest BCUT2D eigenvalue weighted by Crippen LogP contribution is 2.35. The molecule has 29 heavy (non-hydrogen) atoms. The van der Waals surface area contributed by atoms with Crippen molar-refractivity contribution in [2.24, 2.45) is 10.9 Å². The lowest BCUT2D eigenvalue weighted by molar-refractivity contribution is 0.119. The molecule has 0 aromatic heterocycles. The van der Waals surface area contributed by atoms with Gasteiger partial charge in [0.05, 0.1) is 6.54 Å². The monoisotopic (exact) mass is 459 g/mol. The number of rotatable bonds is 3. The van der Waals surface area contributed by atoms with Gasteiger partial charge in [0.2, 0.25) is 0 Å². The first-order valence-electron chi connectivity index (χ1n) is 10.4. The van der Waals surface area contributed by atoms with Crippen LogP contribution in [0.4, 0.5) is 10.1 Å². The van der Waals surface area contributed by atoms with Crippen LogP contribution in [0, 0.1) is 11.7 Å². The molecule has 4 nitrogen and oxygen atoms in total. The third kappa shape index (κ3) is 4.92. The first-order valence-corrected chi connectivity index (χ1v) is 11.2. The van der Waals surface area contributed by atoms with E-state index in [2.05, 4.69) is 26.1 Å². The van der Waals surface area contributed by atoms with Crippen molar-refractivity contribution >= 4 is 27.6 Å². The van der Waals surface area contributed by atoms with Crippen LogP contribution in [-0.2, 0) is 6.54 Å². The summed E-state index contributed by atoms with van der Waals surface area (Å²) in [6, 6.07) is 12.5. The van der Waals surface area contributed by atoms with Crippen LogP contribution in [0.5, 0.6) is 5.75 Å². The quantitative estimate of drug-likeness (QED) is 0.340. The van der Waals surface area contributed by atoms with Gasteiger partial charge in [-0.1, -0.05) is 28.8 Å². The number of fused-ring (bicyclic) bond motifs is 1. The smallest absolute Gasteiger partial charge is 0.199 e. The standard InChI is InChI=1S/C23H27BrFN3O/c24-18-7-12-21(25)17(14-18)15-26-23(27-19-8-10-20(29)11-9-19)28-13-3-5-16-4-1-2-6-22(16)28/h7-12,14,16,22,29H,1-6,13,15H2,(H,26,27). The number of halogens is 2. The molecule has 2 fully saturated rings. The van der Waals surface area contributed by atoms with Crippen molar-refractivity contribution in [1.82, 2.24) is 4.90 Å². The molecule has 0 spiro atoms. The first kappa shape index (κ1) is 20.2. The first-order chi connectivity index (χ1) is 14.1. The number of aromatic hydroxyl groups is 1. The Bertz CT molecular complexity index is 869. The summed E-state index contributed by atoms with van der Waals surface area (Å²) in [5.41, 5.74) is 1.44. The molecule has 0 radical (unpaired) electrons. The SMILES string of the molecule is Oc1ccc(NC(=NCc2cc(Br)ccc2F)N2CCCC3CCCCC32)cc1. The van der Waals surface area contributed by atoms with Gasteiger partial charge in [-0.2, -0.15) is 0 Å². The maximum Gasteiger partial charge on any atom is 0.199 e. The Hall–Kier alpha value is -2.08. The number of hydrogen-bond donors (Lipinski definition) is 2. The van der Waals surface area contributed by atoms with Crippen LogP contribution in [0.1, 0.15) is 44.1 Å². The predicted molar refractivity (Wildman–Crippen MR) is 119 cm³/mol. The molecule has 0 bridgehead atoms. The van der Waals surface area contributed by atoms with Gasteiger partial charge < -0.3 is 15.3 Å². The average molecular weight is 460 g/mol. The van der Waals surface area contributed by atoms with Gasteiger partial charge in [-0.05, 0) is 74.1 Å². The van der Waals surface area contributed by atoms with Gasteiger partial charge in [0, 0.05) is 28.3 Å². The second-order valence-corrected chi connectivity index (χ2v) is 8.91. The number of anilines is 1. The van der Waals surface area contributed by atoms with Crippen LogP contribution >= 0.6 is 15.9 Å². The van der Waals surface area contributed by atoms with Crippen molar-refractivity contribution < 1.29 is 9.50 Å². The second-order valence-electron chi connectivity index (χ2n) is 7.99. The molecule has 1 heterocycles. The van der Waals surface area contributed by atoms with Crippen molar-refractivity contribution in [2.75, 3.05) is 11.9 Å². The molecule has 1 saturated carbocycles. The summed E-state index contributed by atoms with van der Waals surface area (Å²) >= 11 is 3.42. The van der Waals surface area contributed by atoms with E-state index < -0.39 is 0 Å². The number of phenolic OH excluding ortho intramolecular Hbond substituents is 1. The van der Waals surface area contributed by atoms with E-state index in [1.54, 1.807) is 24.3 Å². The fourth-order valence-corrected chi connectivity index (χ4v) is 5.00. The molecular weight excluding hydrogens is 433 g/mol. The molecule has 2 N–H and O–H groups in total. The Balaban J connectivity index is 1.62. The molecule has 4 rings (SSSR count). The van der Waals surface area contributed by atoms with Gasteiger partial charge >= 0.3 is 0 Å². The third-order valence-electron chi connectivity index (χ3n) is 6.05. The third-order valence-corrected chi connectivity index (χ3v) is 6.54. The normalized spacial score (nSPS) is 22.3. The van der Waals surface area contributed by atoms with Crippen LogP contribution in [0.2, 0.25) is 0 Å². The lowest BCUT2D eigenvalue weighted by Gasteiger charge is -2.45. The van der Waals surface area contributed by atoms with Gasteiger partial charge in [-0.25, -0.2) is 9.38 Å². The summed E-state index contributed by atoms with van der Waals surface area (Å²) in [6.07, 6.45) is 7.48. The molecule has 154 valence electrons. The molecule has 2 aromatic rings. The molecule has 2 unspecified atom stereocenters. The van der Waals surface area contributed by atoms with E-state index in [0.29, 0.717) is 17.5 Å². The maximum absolute atomic E-state index is 14.3. The molecule has 6 heteroatoms. The van der Waals surface area contributed by atoms with Crippen LogP contribution in [0.3, 0.4) is 0 Å². The van der Waals surface area contributed by atoms with Gasteiger partial charge in [0.15, 0.2) is 5.96 Å². The van der Waals surface area contributed by atoms with Crippen molar-refractivity contribution in [3.8, 4) is 5.75 Å². The van der Waals surface area contributed by atoms with Crippen molar-refractivity contribution in [2.45, 2.75) is 51.1 Å². The van der Waals surface area contributed by atoms with E-state index in [-0.39, 0.29) is 18.1 Å². The average Bonchev–Trinajstić information content (AvgIpc) is 2.74. The summed E-state index contributed by atoms with van der Waals surface area (Å²) in [6.45, 7) is 1.24. The summed E-state index contributed by atoms with van der Waals surface area (Å²) in [5, 5.41) is 13.0. The van der Waals surface area contributed by atoms with E-state index in [1.807, 2.05) is 12.1 Å². The van der Waals surface area contributed by atoms with E-state index in [1.165, 1.54) is 38.2 Å². The van der Waals surface area contributed by atoms with Gasteiger partial charge in [0.1, 0.15) is 11.6 Å². The van der Waals surface area contributed by atoms with Crippen molar-refractivity contribution in [3.05, 3.63) is 58.3 Å². The second kappa shape index (κ2) is 9.16. The Kier molecular flexibility index (Phi) is 6.38. The van der Waals surface area contributed by atoms with E-state index in [4.69, 9.17) is 4.99 Å². The summed E-state index contributed by atoms with van der Waals surface area (Å²) in [4.78, 5) is 7.24. The fourth-order valence-electron chi connectivity index (χ4n) is 4.59. The Morgan fingerprint density at radius 2 is 1.86 bits per heavy atom. The van der Waals surface area contributed by atoms with Crippen LogP contribution in [0.15, 0.2) is 51.9 Å². The number of aliphatic imine (C=N–C) groups is 1. The number of benzene rings is 2. The number of piperidine rings is 1. The minimum atomic E-state index is -0.241. The number of hydrogen-bond acceptors (Lipinski definition) is 2. The molecule has 2 atom stereocenters.